The van der Waals surface area contributed by atoms with Crippen LogP contribution in [-0.4, -0.2) is 5.78 Å². The number of carbonyl (C=O) groups is 1. The van der Waals surface area contributed by atoms with Crippen molar-refractivity contribution in [3.05, 3.63) is 76.4 Å². The number of hydrogen-bond acceptors (Lipinski definition) is 1. The van der Waals surface area contributed by atoms with Crippen LogP contribution in [0.25, 0.3) is 5.57 Å². The van der Waals surface area contributed by atoms with Gasteiger partial charge in [-0.2, -0.15) is 0 Å². The molecule has 0 aliphatic heterocycles. The Kier molecular flexibility index (Phi) is 2.24. The van der Waals surface area contributed by atoms with Gasteiger partial charge in [0, 0.05) is 11.1 Å². The normalized spacial score (nSPS) is 13.2. The van der Waals surface area contributed by atoms with Crippen molar-refractivity contribution in [1.82, 2.24) is 0 Å². The van der Waals surface area contributed by atoms with E-state index in [0.29, 0.717) is 0 Å². The van der Waals surface area contributed by atoms with Crippen LogP contribution in [0.2, 0.25) is 0 Å². The van der Waals surface area contributed by atoms with E-state index in [1.807, 2.05) is 50.2 Å². The first-order valence-corrected chi connectivity index (χ1v) is 6.05. The number of rotatable bonds is 0. The maximum atomic E-state index is 12.7. The summed E-state index contributed by atoms with van der Waals surface area (Å²) in [6, 6.07) is 11.9. The third kappa shape index (κ3) is 1.31. The summed E-state index contributed by atoms with van der Waals surface area (Å²) in [5.41, 5.74) is 6.55. The molecule has 18 heavy (non-hydrogen) atoms. The van der Waals surface area contributed by atoms with Gasteiger partial charge in [0.1, 0.15) is 0 Å². The molecule has 0 atom stereocenters. The first-order chi connectivity index (χ1) is 8.61. The minimum atomic E-state index is 0.128. The van der Waals surface area contributed by atoms with Crippen LogP contribution in [0.4, 0.5) is 0 Å². The molecule has 1 heteroatoms. The Bertz CT molecular complexity index is 635. The van der Waals surface area contributed by atoms with Crippen LogP contribution in [-0.2, 0) is 0 Å². The molecule has 0 saturated carbocycles. The summed E-state index contributed by atoms with van der Waals surface area (Å²) in [4.78, 5) is 12.7. The highest BCUT2D eigenvalue weighted by Gasteiger charge is 2.27. The number of ketones is 1. The molecule has 0 saturated heterocycles. The molecule has 0 aromatic heterocycles. The predicted octanol–water partition coefficient (Wildman–Crippen LogP) is 3.91. The van der Waals surface area contributed by atoms with E-state index in [1.165, 1.54) is 0 Å². The molecule has 0 unspecified atom stereocenters. The van der Waals surface area contributed by atoms with Gasteiger partial charge in [0.25, 0.3) is 0 Å². The Morgan fingerprint density at radius 3 is 1.72 bits per heavy atom. The number of aryl methyl sites for hydroxylation is 2. The lowest BCUT2D eigenvalue weighted by Gasteiger charge is -2.23. The summed E-state index contributed by atoms with van der Waals surface area (Å²) >= 11 is 0. The first kappa shape index (κ1) is 11.0. The van der Waals surface area contributed by atoms with Crippen LogP contribution >= 0.6 is 0 Å². The number of benzene rings is 2. The Hall–Kier alpha value is -2.15. The van der Waals surface area contributed by atoms with Gasteiger partial charge in [-0.05, 0) is 41.7 Å². The molecule has 0 heterocycles. The Balaban J connectivity index is 2.40. The van der Waals surface area contributed by atoms with Gasteiger partial charge in [0.05, 0.1) is 0 Å². The fraction of sp³-hybridized carbons (Fsp3) is 0.118. The predicted molar refractivity (Wildman–Crippen MR) is 73.9 cm³/mol. The SMILES string of the molecule is C=C1c2cccc(C)c2C(=O)c2c(C)cccc21. The second-order valence-electron chi connectivity index (χ2n) is 4.80. The van der Waals surface area contributed by atoms with Gasteiger partial charge in [-0.1, -0.05) is 43.0 Å². The first-order valence-electron chi connectivity index (χ1n) is 6.05. The van der Waals surface area contributed by atoms with E-state index in [-0.39, 0.29) is 5.78 Å². The second-order valence-corrected chi connectivity index (χ2v) is 4.80. The van der Waals surface area contributed by atoms with Gasteiger partial charge in [-0.3, -0.25) is 4.79 Å². The highest BCUT2D eigenvalue weighted by Crippen LogP contribution is 2.37. The highest BCUT2D eigenvalue weighted by molar-refractivity contribution is 6.19. The lowest BCUT2D eigenvalue weighted by atomic mass is 9.79. The molecule has 0 bridgehead atoms. The molecular weight excluding hydrogens is 220 g/mol. The molecule has 1 aliphatic rings. The molecule has 2 aromatic carbocycles. The van der Waals surface area contributed by atoms with Gasteiger partial charge >= 0.3 is 0 Å². The van der Waals surface area contributed by atoms with Crippen LogP contribution < -0.4 is 0 Å². The quantitative estimate of drug-likeness (QED) is 0.576. The molecule has 1 aliphatic carbocycles. The number of hydrogen-bond donors (Lipinski definition) is 0. The van der Waals surface area contributed by atoms with Crippen molar-refractivity contribution in [2.24, 2.45) is 0 Å². The minimum Gasteiger partial charge on any atom is -0.289 e. The third-order valence-electron chi connectivity index (χ3n) is 3.65. The highest BCUT2D eigenvalue weighted by atomic mass is 16.1. The van der Waals surface area contributed by atoms with Crippen molar-refractivity contribution in [1.29, 1.82) is 0 Å². The molecule has 0 spiro atoms. The standard InChI is InChI=1S/C17H14O/c1-10-6-4-8-13-12(3)14-9-5-7-11(2)16(14)17(18)15(10)13/h4-9H,3H2,1-2H3. The molecular formula is C17H14O. The largest absolute Gasteiger partial charge is 0.289 e. The van der Waals surface area contributed by atoms with Crippen molar-refractivity contribution < 1.29 is 4.79 Å². The Morgan fingerprint density at radius 1 is 0.833 bits per heavy atom. The number of fused-ring (bicyclic) bond motifs is 2. The fourth-order valence-corrected chi connectivity index (χ4v) is 2.71. The van der Waals surface area contributed by atoms with Gasteiger partial charge in [0.15, 0.2) is 5.78 Å². The van der Waals surface area contributed by atoms with E-state index in [4.69, 9.17) is 0 Å². The zero-order valence-electron chi connectivity index (χ0n) is 10.6. The maximum Gasteiger partial charge on any atom is 0.194 e. The summed E-state index contributed by atoms with van der Waals surface area (Å²) in [5.74, 6) is 0.128. The van der Waals surface area contributed by atoms with Crippen molar-refractivity contribution in [3.63, 3.8) is 0 Å². The Morgan fingerprint density at radius 2 is 1.28 bits per heavy atom. The molecule has 2 aromatic rings. The van der Waals surface area contributed by atoms with Gasteiger partial charge in [0.2, 0.25) is 0 Å². The molecule has 3 rings (SSSR count). The van der Waals surface area contributed by atoms with Crippen LogP contribution in [0.15, 0.2) is 43.0 Å². The Labute approximate surface area is 107 Å². The monoisotopic (exact) mass is 234 g/mol. The smallest absolute Gasteiger partial charge is 0.194 e. The molecule has 1 nitrogen and oxygen atoms in total. The van der Waals surface area contributed by atoms with Crippen molar-refractivity contribution in [3.8, 4) is 0 Å². The molecule has 0 fully saturated rings. The fourth-order valence-electron chi connectivity index (χ4n) is 2.71. The summed E-state index contributed by atoms with van der Waals surface area (Å²) in [6.45, 7) is 8.12. The van der Waals surface area contributed by atoms with E-state index in [0.717, 1.165) is 39.0 Å². The zero-order valence-corrected chi connectivity index (χ0v) is 10.6. The van der Waals surface area contributed by atoms with Gasteiger partial charge < -0.3 is 0 Å². The average Bonchev–Trinajstić information content (AvgIpc) is 2.35. The number of carbonyl (C=O) groups excluding carboxylic acids is 1. The van der Waals surface area contributed by atoms with Crippen molar-refractivity contribution in [2.45, 2.75) is 13.8 Å². The molecule has 0 N–H and O–H groups in total. The van der Waals surface area contributed by atoms with Crippen LogP contribution in [0.5, 0.6) is 0 Å². The van der Waals surface area contributed by atoms with E-state index in [1.54, 1.807) is 0 Å². The summed E-state index contributed by atoms with van der Waals surface area (Å²) in [6.07, 6.45) is 0. The van der Waals surface area contributed by atoms with Crippen molar-refractivity contribution >= 4 is 11.4 Å². The summed E-state index contributed by atoms with van der Waals surface area (Å²) in [7, 11) is 0. The molecule has 0 radical (unpaired) electrons. The van der Waals surface area contributed by atoms with Crippen LogP contribution in [0, 0.1) is 13.8 Å². The van der Waals surface area contributed by atoms with Crippen LogP contribution in [0.1, 0.15) is 38.2 Å². The zero-order chi connectivity index (χ0) is 12.9. The molecule has 0 amide bonds. The van der Waals surface area contributed by atoms with E-state index >= 15 is 0 Å². The topological polar surface area (TPSA) is 17.1 Å². The summed E-state index contributed by atoms with van der Waals surface area (Å²) in [5, 5.41) is 0. The summed E-state index contributed by atoms with van der Waals surface area (Å²) < 4.78 is 0. The van der Waals surface area contributed by atoms with Gasteiger partial charge in [-0.25, -0.2) is 0 Å². The van der Waals surface area contributed by atoms with Gasteiger partial charge in [-0.15, -0.1) is 0 Å². The van der Waals surface area contributed by atoms with E-state index < -0.39 is 0 Å². The van der Waals surface area contributed by atoms with Crippen LogP contribution in [0.3, 0.4) is 0 Å². The van der Waals surface area contributed by atoms with E-state index in [2.05, 4.69) is 6.58 Å². The lowest BCUT2D eigenvalue weighted by molar-refractivity contribution is 0.103. The molecule has 88 valence electrons. The second kappa shape index (κ2) is 3.67. The lowest BCUT2D eigenvalue weighted by Crippen LogP contribution is -2.16. The average molecular weight is 234 g/mol. The third-order valence-corrected chi connectivity index (χ3v) is 3.65. The minimum absolute atomic E-state index is 0.128. The maximum absolute atomic E-state index is 12.7. The van der Waals surface area contributed by atoms with Crippen molar-refractivity contribution in [2.75, 3.05) is 0 Å². The van der Waals surface area contributed by atoms with E-state index in [9.17, 15) is 4.79 Å².